The Hall–Kier alpha value is -5.30. The van der Waals surface area contributed by atoms with Gasteiger partial charge in [-0.15, -0.1) is 11.6 Å². The number of benzene rings is 3. The smallest absolute Gasteiger partial charge is 0.305 e. The first-order chi connectivity index (χ1) is 24.8. The number of hydrogen-bond acceptors (Lipinski definition) is 9. The van der Waals surface area contributed by atoms with Gasteiger partial charge in [-0.3, -0.25) is 24.0 Å². The molecule has 1 aliphatic heterocycles. The van der Waals surface area contributed by atoms with Gasteiger partial charge in [-0.1, -0.05) is 24.3 Å². The highest BCUT2D eigenvalue weighted by Crippen LogP contribution is 2.37. The highest BCUT2D eigenvalue weighted by molar-refractivity contribution is 6.17. The third kappa shape index (κ3) is 10.2. The molecule has 0 spiro atoms. The molecule has 3 aromatic carbocycles. The maximum absolute atomic E-state index is 13.7. The minimum absolute atomic E-state index is 0.0344. The first kappa shape index (κ1) is 39.5. The molecule has 4 rings (SSSR count). The van der Waals surface area contributed by atoms with Gasteiger partial charge >= 0.3 is 5.97 Å². The lowest BCUT2D eigenvalue weighted by molar-refractivity contribution is -0.140. The van der Waals surface area contributed by atoms with E-state index in [4.69, 9.17) is 26.8 Å². The summed E-state index contributed by atoms with van der Waals surface area (Å²) < 4.78 is 16.3. The van der Waals surface area contributed by atoms with Crippen molar-refractivity contribution in [3.63, 3.8) is 0 Å². The summed E-state index contributed by atoms with van der Waals surface area (Å²) in [6.07, 6.45) is 2.06. The molecule has 0 saturated heterocycles. The zero-order chi connectivity index (χ0) is 37.9. The molecule has 5 N–H and O–H groups in total. The number of nitrogens with zero attached hydrogens (tertiary/aromatic N) is 1. The van der Waals surface area contributed by atoms with E-state index in [1.807, 2.05) is 37.3 Å². The van der Waals surface area contributed by atoms with E-state index < -0.39 is 23.9 Å². The van der Waals surface area contributed by atoms with E-state index in [0.717, 1.165) is 17.7 Å². The number of para-hydroxylation sites is 1. The largest absolute Gasteiger partial charge is 0.493 e. The number of esters is 1. The van der Waals surface area contributed by atoms with Crippen LogP contribution in [0.2, 0.25) is 0 Å². The number of nitrogen functional groups attached to an aromatic ring is 1. The van der Waals surface area contributed by atoms with Crippen LogP contribution in [0.4, 0.5) is 17.1 Å². The summed E-state index contributed by atoms with van der Waals surface area (Å²) in [7, 11) is 2.78. The number of halogens is 1. The van der Waals surface area contributed by atoms with Crippen molar-refractivity contribution in [1.29, 1.82) is 0 Å². The van der Waals surface area contributed by atoms with Gasteiger partial charge in [-0.2, -0.15) is 0 Å². The highest BCUT2D eigenvalue weighted by Gasteiger charge is 2.33. The van der Waals surface area contributed by atoms with E-state index in [1.54, 1.807) is 29.2 Å². The number of rotatable bonds is 16. The van der Waals surface area contributed by atoms with Crippen LogP contribution in [0.5, 0.6) is 11.5 Å². The average molecular weight is 736 g/mol. The van der Waals surface area contributed by atoms with Crippen molar-refractivity contribution in [2.75, 3.05) is 30.2 Å². The topological polar surface area (TPSA) is 178 Å². The third-order valence-corrected chi connectivity index (χ3v) is 8.95. The molecule has 0 unspecified atom stereocenters. The molecule has 13 nitrogen and oxygen atoms in total. The summed E-state index contributed by atoms with van der Waals surface area (Å²) in [6, 6.07) is 14.3. The summed E-state index contributed by atoms with van der Waals surface area (Å²) in [4.78, 5) is 64.6. The van der Waals surface area contributed by atoms with Gasteiger partial charge in [0.15, 0.2) is 11.5 Å². The summed E-state index contributed by atoms with van der Waals surface area (Å²) in [5, 5.41) is 8.01. The van der Waals surface area contributed by atoms with Gasteiger partial charge in [0.2, 0.25) is 17.7 Å². The molecule has 0 bridgehead atoms. The number of hydrogen-bond donors (Lipinski definition) is 4. The second-order valence-corrected chi connectivity index (χ2v) is 13.0. The molecule has 278 valence electrons. The number of nitrogens with two attached hydrogens (primary N) is 1. The van der Waals surface area contributed by atoms with E-state index in [0.29, 0.717) is 46.7 Å². The number of amides is 4. The molecule has 0 radical (unpaired) electrons. The average Bonchev–Trinajstić information content (AvgIpc) is 3.47. The Labute approximate surface area is 308 Å². The lowest BCUT2D eigenvalue weighted by Gasteiger charge is -2.24. The van der Waals surface area contributed by atoms with Crippen LogP contribution in [0.3, 0.4) is 0 Å². The molecule has 0 saturated carbocycles. The van der Waals surface area contributed by atoms with E-state index in [-0.39, 0.29) is 54.8 Å². The fourth-order valence-corrected chi connectivity index (χ4v) is 6.04. The fraction of sp³-hybridized carbons (Fsp3) is 0.395. The zero-order valence-corrected chi connectivity index (χ0v) is 30.8. The highest BCUT2D eigenvalue weighted by atomic mass is 35.5. The SMILES string of the molecule is COC(=O)CCCCC(=O)N[C@@H](C)C(=O)N[C@@H](C)C(=O)Nc1cc(CCl)cc(COc2cc(N)c(C(=O)N3c4ccccc4C[C@H]3C)cc2OC)c1. The van der Waals surface area contributed by atoms with Crippen molar-refractivity contribution in [1.82, 2.24) is 10.6 Å². The standard InChI is InChI=1S/C38H46ClN5O8/c1-22-14-27-10-6-7-11-31(27)44(22)38(49)29-18-32(50-4)33(19-30(29)40)52-21-26-15-25(20-39)16-28(17-26)43-37(48)24(3)42-36(47)23(2)41-34(45)12-8-9-13-35(46)51-5/h6-7,10-11,15-19,22-24H,8-9,12-14,20-21,40H2,1-5H3,(H,41,45)(H,42,47)(H,43,48)/t22-,23+,24+/m1/s1. The molecule has 0 aliphatic carbocycles. The van der Waals surface area contributed by atoms with Gasteiger partial charge in [0.1, 0.15) is 18.7 Å². The van der Waals surface area contributed by atoms with E-state index in [9.17, 15) is 24.0 Å². The number of unbranched alkanes of at least 4 members (excludes halogenated alkanes) is 1. The van der Waals surface area contributed by atoms with E-state index in [2.05, 4.69) is 20.7 Å². The van der Waals surface area contributed by atoms with Crippen LogP contribution in [0.15, 0.2) is 54.6 Å². The monoisotopic (exact) mass is 735 g/mol. The normalized spacial score (nSPS) is 14.4. The minimum atomic E-state index is -0.934. The zero-order valence-electron chi connectivity index (χ0n) is 30.0. The molecule has 0 aromatic heterocycles. The maximum atomic E-state index is 13.7. The van der Waals surface area contributed by atoms with Crippen molar-refractivity contribution in [3.05, 3.63) is 76.9 Å². The van der Waals surface area contributed by atoms with Crippen LogP contribution in [-0.4, -0.2) is 61.9 Å². The van der Waals surface area contributed by atoms with Gasteiger partial charge < -0.3 is 40.8 Å². The summed E-state index contributed by atoms with van der Waals surface area (Å²) in [6.45, 7) is 5.09. The van der Waals surface area contributed by atoms with Crippen molar-refractivity contribution in [2.24, 2.45) is 0 Å². The minimum Gasteiger partial charge on any atom is -0.493 e. The van der Waals surface area contributed by atoms with E-state index in [1.165, 1.54) is 28.1 Å². The molecule has 52 heavy (non-hydrogen) atoms. The molecular formula is C38H46ClN5O8. The second kappa shape index (κ2) is 18.3. The number of carbonyl (C=O) groups is 5. The molecule has 1 heterocycles. The number of carbonyl (C=O) groups excluding carboxylic acids is 5. The Bertz CT molecular complexity index is 1800. The molecule has 0 fully saturated rings. The van der Waals surface area contributed by atoms with Crippen LogP contribution in [0, 0.1) is 0 Å². The first-order valence-corrected chi connectivity index (χ1v) is 17.6. The van der Waals surface area contributed by atoms with Crippen LogP contribution < -0.4 is 36.1 Å². The number of alkyl halides is 1. The number of ether oxygens (including phenoxy) is 3. The summed E-state index contributed by atoms with van der Waals surface area (Å²) in [5.41, 5.74) is 10.7. The van der Waals surface area contributed by atoms with Crippen LogP contribution >= 0.6 is 11.6 Å². The van der Waals surface area contributed by atoms with Gasteiger partial charge in [0.05, 0.1) is 19.8 Å². The summed E-state index contributed by atoms with van der Waals surface area (Å²) in [5.74, 6) is -1.13. The number of nitrogens with one attached hydrogen (secondary N) is 3. The van der Waals surface area contributed by atoms with E-state index >= 15 is 0 Å². The number of anilines is 3. The predicted octanol–water partition coefficient (Wildman–Crippen LogP) is 4.87. The lowest BCUT2D eigenvalue weighted by Crippen LogP contribution is -2.50. The number of methoxy groups -OCH3 is 2. The molecule has 1 aliphatic rings. The quantitative estimate of drug-likeness (QED) is 0.0692. The van der Waals surface area contributed by atoms with Crippen molar-refractivity contribution in [2.45, 2.75) is 83.5 Å². The Morgan fingerprint density at radius 3 is 2.31 bits per heavy atom. The predicted molar refractivity (Wildman–Crippen MR) is 198 cm³/mol. The number of fused-ring (bicyclic) bond motifs is 1. The van der Waals surface area contributed by atoms with Gasteiger partial charge in [0.25, 0.3) is 5.91 Å². The molecule has 14 heteroatoms. The molecule has 3 atom stereocenters. The van der Waals surface area contributed by atoms with Crippen molar-refractivity contribution in [3.8, 4) is 11.5 Å². The van der Waals surface area contributed by atoms with Gasteiger partial charge in [0, 0.05) is 47.9 Å². The Morgan fingerprint density at radius 1 is 0.904 bits per heavy atom. The lowest BCUT2D eigenvalue weighted by atomic mass is 10.1. The Kier molecular flexibility index (Phi) is 13.9. The summed E-state index contributed by atoms with van der Waals surface area (Å²) >= 11 is 6.17. The third-order valence-electron chi connectivity index (χ3n) is 8.65. The van der Waals surface area contributed by atoms with Gasteiger partial charge in [-0.25, -0.2) is 0 Å². The van der Waals surface area contributed by atoms with Crippen molar-refractivity contribution < 1.29 is 38.2 Å². The fourth-order valence-electron chi connectivity index (χ4n) is 5.88. The van der Waals surface area contributed by atoms with Crippen LogP contribution in [0.25, 0.3) is 0 Å². The Morgan fingerprint density at radius 2 is 1.60 bits per heavy atom. The van der Waals surface area contributed by atoms with Crippen LogP contribution in [-0.2, 0) is 42.8 Å². The molecular weight excluding hydrogens is 690 g/mol. The van der Waals surface area contributed by atoms with Crippen LogP contribution in [0.1, 0.15) is 73.5 Å². The molecule has 4 amide bonds. The van der Waals surface area contributed by atoms with Gasteiger partial charge in [-0.05, 0) is 81.0 Å². The Balaban J connectivity index is 1.36. The molecule has 3 aromatic rings. The van der Waals surface area contributed by atoms with Crippen molar-refractivity contribution >= 4 is 58.3 Å². The second-order valence-electron chi connectivity index (χ2n) is 12.7. The first-order valence-electron chi connectivity index (χ1n) is 17.0. The maximum Gasteiger partial charge on any atom is 0.305 e.